The van der Waals surface area contributed by atoms with Gasteiger partial charge in [-0.2, -0.15) is 0 Å². The first-order valence-electron chi connectivity index (χ1n) is 12.7. The van der Waals surface area contributed by atoms with Gasteiger partial charge >= 0.3 is 0 Å². The summed E-state index contributed by atoms with van der Waals surface area (Å²) in [7, 11) is 0. The van der Waals surface area contributed by atoms with Crippen molar-refractivity contribution in [3.8, 4) is 0 Å². The lowest BCUT2D eigenvalue weighted by Crippen LogP contribution is -2.34. The summed E-state index contributed by atoms with van der Waals surface area (Å²) in [6.07, 6.45) is 22.2. The standard InChI is InChI=1S/C29H41F/c1-3-5-7-23-12-13-28(20-29(23)30)27-17-16-25-18-24(14-15-26(25)19-27)22-10-8-21(6-4-2)9-11-22/h3-4,6,12-13,20-22,24-27H,1,5,7-11,14-19H2,2H3/b6-4+. The maximum absolute atomic E-state index is 14.6. The van der Waals surface area contributed by atoms with Crippen LogP contribution in [0.4, 0.5) is 4.39 Å². The topological polar surface area (TPSA) is 0 Å². The predicted octanol–water partition coefficient (Wildman–Crippen LogP) is 8.63. The van der Waals surface area contributed by atoms with Crippen molar-refractivity contribution < 1.29 is 4.39 Å². The fraction of sp³-hybridized carbons (Fsp3) is 0.655. The Morgan fingerprint density at radius 2 is 1.57 bits per heavy atom. The summed E-state index contributed by atoms with van der Waals surface area (Å²) in [5, 5.41) is 0. The van der Waals surface area contributed by atoms with E-state index in [2.05, 4.69) is 31.7 Å². The summed E-state index contributed by atoms with van der Waals surface area (Å²) < 4.78 is 14.6. The first-order chi connectivity index (χ1) is 14.7. The molecule has 3 aliphatic carbocycles. The third-order valence-corrected chi connectivity index (χ3v) is 8.77. The Hall–Kier alpha value is -1.37. The van der Waals surface area contributed by atoms with Crippen LogP contribution in [-0.4, -0.2) is 0 Å². The second-order valence-electron chi connectivity index (χ2n) is 10.5. The van der Waals surface area contributed by atoms with Crippen LogP contribution in [0.25, 0.3) is 0 Å². The molecule has 0 N–H and O–H groups in total. The molecule has 1 heteroatoms. The summed E-state index contributed by atoms with van der Waals surface area (Å²) in [5.41, 5.74) is 2.09. The molecule has 30 heavy (non-hydrogen) atoms. The Balaban J connectivity index is 1.30. The number of benzene rings is 1. The molecule has 0 saturated heterocycles. The van der Waals surface area contributed by atoms with Crippen molar-refractivity contribution in [2.45, 2.75) is 89.9 Å². The van der Waals surface area contributed by atoms with E-state index >= 15 is 0 Å². The quantitative estimate of drug-likeness (QED) is 0.413. The van der Waals surface area contributed by atoms with Gasteiger partial charge in [-0.3, -0.25) is 0 Å². The average Bonchev–Trinajstić information content (AvgIpc) is 2.78. The van der Waals surface area contributed by atoms with Crippen molar-refractivity contribution in [3.05, 3.63) is 60.0 Å². The van der Waals surface area contributed by atoms with Crippen LogP contribution in [0.3, 0.4) is 0 Å². The zero-order valence-electron chi connectivity index (χ0n) is 19.0. The van der Waals surface area contributed by atoms with E-state index in [0.717, 1.165) is 48.0 Å². The summed E-state index contributed by atoms with van der Waals surface area (Å²) in [4.78, 5) is 0. The minimum atomic E-state index is -0.00583. The highest BCUT2D eigenvalue weighted by molar-refractivity contribution is 5.28. The molecular formula is C29H41F. The monoisotopic (exact) mass is 408 g/mol. The maximum Gasteiger partial charge on any atom is 0.126 e. The average molecular weight is 409 g/mol. The second kappa shape index (κ2) is 10.3. The molecule has 0 nitrogen and oxygen atoms in total. The molecule has 0 spiro atoms. The first kappa shape index (κ1) is 21.8. The van der Waals surface area contributed by atoms with E-state index < -0.39 is 0 Å². The van der Waals surface area contributed by atoms with Gasteiger partial charge in [-0.1, -0.05) is 30.4 Å². The molecule has 1 aromatic carbocycles. The van der Waals surface area contributed by atoms with Crippen molar-refractivity contribution >= 4 is 0 Å². The molecule has 3 aliphatic rings. The highest BCUT2D eigenvalue weighted by Gasteiger charge is 2.39. The summed E-state index contributed by atoms with van der Waals surface area (Å²) in [5.74, 6) is 5.20. The van der Waals surface area contributed by atoms with Crippen LogP contribution in [0.1, 0.15) is 94.6 Å². The van der Waals surface area contributed by atoms with Crippen molar-refractivity contribution in [1.29, 1.82) is 0 Å². The van der Waals surface area contributed by atoms with E-state index in [1.807, 2.05) is 18.2 Å². The number of halogens is 1. The van der Waals surface area contributed by atoms with Gasteiger partial charge in [-0.25, -0.2) is 4.39 Å². The normalized spacial score (nSPS) is 34.6. The zero-order chi connectivity index (χ0) is 20.9. The molecule has 1 aromatic rings. The molecule has 0 amide bonds. The highest BCUT2D eigenvalue weighted by atomic mass is 19.1. The molecule has 4 rings (SSSR count). The zero-order valence-corrected chi connectivity index (χ0v) is 19.0. The van der Waals surface area contributed by atoms with E-state index in [1.54, 1.807) is 0 Å². The van der Waals surface area contributed by atoms with E-state index in [1.165, 1.54) is 69.8 Å². The molecule has 0 aliphatic heterocycles. The Kier molecular flexibility index (Phi) is 7.50. The Labute approximate surface area is 184 Å². The lowest BCUT2D eigenvalue weighted by Gasteiger charge is -2.45. The summed E-state index contributed by atoms with van der Waals surface area (Å²) >= 11 is 0. The molecular weight excluding hydrogens is 367 g/mol. The van der Waals surface area contributed by atoms with Crippen molar-refractivity contribution in [2.75, 3.05) is 0 Å². The highest BCUT2D eigenvalue weighted by Crippen LogP contribution is 2.51. The minimum Gasteiger partial charge on any atom is -0.207 e. The maximum atomic E-state index is 14.6. The Bertz CT molecular complexity index is 724. The molecule has 3 saturated carbocycles. The molecule has 0 heterocycles. The van der Waals surface area contributed by atoms with Crippen LogP contribution < -0.4 is 0 Å². The lowest BCUT2D eigenvalue weighted by molar-refractivity contribution is 0.0748. The van der Waals surface area contributed by atoms with E-state index in [0.29, 0.717) is 5.92 Å². The molecule has 164 valence electrons. The fourth-order valence-electron chi connectivity index (χ4n) is 7.02. The Morgan fingerprint density at radius 3 is 2.27 bits per heavy atom. The van der Waals surface area contributed by atoms with Crippen LogP contribution in [0, 0.1) is 35.4 Å². The molecule has 4 atom stereocenters. The number of rotatable bonds is 6. The van der Waals surface area contributed by atoms with Gasteiger partial charge < -0.3 is 0 Å². The lowest BCUT2D eigenvalue weighted by atomic mass is 9.60. The van der Waals surface area contributed by atoms with Crippen LogP contribution >= 0.6 is 0 Å². The second-order valence-corrected chi connectivity index (χ2v) is 10.5. The molecule has 0 aromatic heterocycles. The van der Waals surface area contributed by atoms with Crippen LogP contribution in [0.5, 0.6) is 0 Å². The smallest absolute Gasteiger partial charge is 0.126 e. The SMILES string of the molecule is C=CCCc1ccc(C2CCC3CC(C4CCC(/C=C/C)CC4)CCC3C2)cc1F. The molecule has 4 unspecified atom stereocenters. The van der Waals surface area contributed by atoms with Gasteiger partial charge in [0.1, 0.15) is 5.82 Å². The third kappa shape index (κ3) is 5.09. The van der Waals surface area contributed by atoms with Gasteiger partial charge in [0.15, 0.2) is 0 Å². The van der Waals surface area contributed by atoms with Gasteiger partial charge in [-0.05, 0) is 137 Å². The van der Waals surface area contributed by atoms with Crippen molar-refractivity contribution in [3.63, 3.8) is 0 Å². The van der Waals surface area contributed by atoms with Crippen LogP contribution in [0.15, 0.2) is 43.0 Å². The van der Waals surface area contributed by atoms with Gasteiger partial charge in [0, 0.05) is 0 Å². The third-order valence-electron chi connectivity index (χ3n) is 8.77. The number of aryl methyl sites for hydroxylation is 1. The van der Waals surface area contributed by atoms with E-state index in [4.69, 9.17) is 0 Å². The molecule has 3 fully saturated rings. The van der Waals surface area contributed by atoms with Gasteiger partial charge in [0.05, 0.1) is 0 Å². The van der Waals surface area contributed by atoms with Gasteiger partial charge in [-0.15, -0.1) is 6.58 Å². The minimum absolute atomic E-state index is 0.00583. The summed E-state index contributed by atoms with van der Waals surface area (Å²) in [6.45, 7) is 5.92. The van der Waals surface area contributed by atoms with E-state index in [9.17, 15) is 4.39 Å². The van der Waals surface area contributed by atoms with Crippen LogP contribution in [0.2, 0.25) is 0 Å². The summed E-state index contributed by atoms with van der Waals surface area (Å²) in [6, 6.07) is 6.08. The van der Waals surface area contributed by atoms with Crippen LogP contribution in [-0.2, 0) is 6.42 Å². The Morgan fingerprint density at radius 1 is 0.900 bits per heavy atom. The molecule has 0 radical (unpaired) electrons. The van der Waals surface area contributed by atoms with Gasteiger partial charge in [0.2, 0.25) is 0 Å². The fourth-order valence-corrected chi connectivity index (χ4v) is 7.02. The number of fused-ring (bicyclic) bond motifs is 1. The predicted molar refractivity (Wildman–Crippen MR) is 126 cm³/mol. The number of allylic oxidation sites excluding steroid dienone is 3. The van der Waals surface area contributed by atoms with Gasteiger partial charge in [0.25, 0.3) is 0 Å². The van der Waals surface area contributed by atoms with E-state index in [-0.39, 0.29) is 5.82 Å². The number of hydrogen-bond donors (Lipinski definition) is 0. The van der Waals surface area contributed by atoms with Crippen molar-refractivity contribution in [2.24, 2.45) is 29.6 Å². The molecule has 0 bridgehead atoms. The number of hydrogen-bond acceptors (Lipinski definition) is 0. The van der Waals surface area contributed by atoms with Crippen molar-refractivity contribution in [1.82, 2.24) is 0 Å². The largest absolute Gasteiger partial charge is 0.207 e. The first-order valence-corrected chi connectivity index (χ1v) is 12.7.